The number of hydrogen-bond donors (Lipinski definition) is 2. The fraction of sp³-hybridized carbons (Fsp3) is 0. The van der Waals surface area contributed by atoms with Crippen molar-refractivity contribution >= 4 is 11.7 Å². The Morgan fingerprint density at radius 2 is 2.45 bits per heavy atom. The van der Waals surface area contributed by atoms with Crippen molar-refractivity contribution in [2.75, 3.05) is 0 Å². The third-order valence-corrected chi connectivity index (χ3v) is 1.05. The number of carbonyl (C=O) groups excluding carboxylic acids is 1. The molecule has 1 heterocycles. The molecule has 3 N–H and O–H groups in total. The van der Waals surface area contributed by atoms with Crippen molar-refractivity contribution in [3.63, 3.8) is 0 Å². The number of aliphatic hydroxyl groups is 1. The van der Waals surface area contributed by atoms with Crippen molar-refractivity contribution in [1.29, 1.82) is 0 Å². The predicted molar refractivity (Wildman–Crippen MR) is 38.5 cm³/mol. The van der Waals surface area contributed by atoms with Gasteiger partial charge < -0.3 is 15.3 Å². The number of hydrogen-bond acceptors (Lipinski definition) is 3. The molecule has 4 heteroatoms. The number of nitrogens with two attached hydrogens (primary N) is 1. The van der Waals surface area contributed by atoms with E-state index in [0.717, 1.165) is 6.08 Å². The normalized spacial score (nSPS) is 11.5. The Kier molecular flexibility index (Phi) is 1.96. The van der Waals surface area contributed by atoms with Gasteiger partial charge in [-0.25, -0.2) is 0 Å². The molecule has 1 amide bonds. The van der Waals surface area contributed by atoms with Crippen molar-refractivity contribution in [3.8, 4) is 0 Å². The van der Waals surface area contributed by atoms with E-state index in [1.807, 2.05) is 0 Å². The zero-order chi connectivity index (χ0) is 8.27. The topological polar surface area (TPSA) is 76.5 Å². The first-order valence-corrected chi connectivity index (χ1v) is 2.94. The van der Waals surface area contributed by atoms with Gasteiger partial charge in [-0.05, 0) is 12.1 Å². The molecule has 0 aromatic carbocycles. The van der Waals surface area contributed by atoms with Gasteiger partial charge >= 0.3 is 0 Å². The highest BCUT2D eigenvalue weighted by Crippen LogP contribution is 2.10. The Labute approximate surface area is 62.9 Å². The Morgan fingerprint density at radius 1 is 1.73 bits per heavy atom. The summed E-state index contributed by atoms with van der Waals surface area (Å²) < 4.78 is 4.77. The molecule has 0 aliphatic carbocycles. The van der Waals surface area contributed by atoms with Crippen molar-refractivity contribution < 1.29 is 14.3 Å². The summed E-state index contributed by atoms with van der Waals surface area (Å²) in [5, 5.41) is 9.05. The Hall–Kier alpha value is -1.71. The lowest BCUT2D eigenvalue weighted by Gasteiger charge is -1.90. The van der Waals surface area contributed by atoms with Gasteiger partial charge in [0.25, 0.3) is 0 Å². The molecule has 0 saturated heterocycles. The van der Waals surface area contributed by atoms with Crippen LogP contribution in [0, 0.1) is 0 Å². The van der Waals surface area contributed by atoms with Gasteiger partial charge in [0.05, 0.1) is 6.26 Å². The maximum absolute atomic E-state index is 10.2. The lowest BCUT2D eigenvalue weighted by molar-refractivity contribution is -0.113. The van der Waals surface area contributed by atoms with Crippen molar-refractivity contribution in [2.45, 2.75) is 0 Å². The molecule has 1 rings (SSSR count). The monoisotopic (exact) mass is 153 g/mol. The van der Waals surface area contributed by atoms with E-state index in [1.165, 1.54) is 12.3 Å². The quantitative estimate of drug-likeness (QED) is 0.484. The molecule has 11 heavy (non-hydrogen) atoms. The van der Waals surface area contributed by atoms with E-state index >= 15 is 0 Å². The molecule has 1 aromatic heterocycles. The summed E-state index contributed by atoms with van der Waals surface area (Å²) in [5.74, 6) is -0.745. The standard InChI is InChI=1S/C7H7NO3/c8-7(10)4-5(9)6-2-1-3-11-6/h1-4,9H,(H2,8,10)/b5-4-. The van der Waals surface area contributed by atoms with E-state index in [1.54, 1.807) is 6.07 Å². The molecule has 0 aliphatic heterocycles. The van der Waals surface area contributed by atoms with Crippen LogP contribution in [0.25, 0.3) is 5.76 Å². The number of primary amides is 1. The SMILES string of the molecule is NC(=O)/C=C(\O)c1ccco1. The number of furan rings is 1. The number of amides is 1. The van der Waals surface area contributed by atoms with E-state index < -0.39 is 5.91 Å². The molecule has 4 nitrogen and oxygen atoms in total. The van der Waals surface area contributed by atoms with E-state index in [-0.39, 0.29) is 11.5 Å². The molecule has 0 radical (unpaired) electrons. The Morgan fingerprint density at radius 3 is 2.91 bits per heavy atom. The van der Waals surface area contributed by atoms with Crippen LogP contribution in [-0.2, 0) is 4.79 Å². The minimum absolute atomic E-state index is 0.226. The van der Waals surface area contributed by atoms with Crippen LogP contribution in [-0.4, -0.2) is 11.0 Å². The fourth-order valence-electron chi connectivity index (χ4n) is 0.630. The summed E-state index contributed by atoms with van der Waals surface area (Å²) in [6, 6.07) is 3.12. The van der Waals surface area contributed by atoms with Crippen LogP contribution in [0.4, 0.5) is 0 Å². The second-order valence-electron chi connectivity index (χ2n) is 1.91. The van der Waals surface area contributed by atoms with Gasteiger partial charge in [-0.1, -0.05) is 0 Å². The summed E-state index contributed by atoms with van der Waals surface area (Å²) in [6.07, 6.45) is 2.28. The van der Waals surface area contributed by atoms with Gasteiger partial charge in [-0.15, -0.1) is 0 Å². The third kappa shape index (κ3) is 1.86. The largest absolute Gasteiger partial charge is 0.504 e. The van der Waals surface area contributed by atoms with E-state index in [2.05, 4.69) is 0 Å². The molecule has 0 bridgehead atoms. The first kappa shape index (κ1) is 7.40. The first-order valence-electron chi connectivity index (χ1n) is 2.94. The van der Waals surface area contributed by atoms with Gasteiger partial charge in [0, 0.05) is 6.08 Å². The smallest absolute Gasteiger partial charge is 0.245 e. The highest BCUT2D eigenvalue weighted by atomic mass is 16.4. The van der Waals surface area contributed by atoms with Gasteiger partial charge in [0.1, 0.15) is 0 Å². The van der Waals surface area contributed by atoms with Crippen molar-refractivity contribution in [1.82, 2.24) is 0 Å². The predicted octanol–water partition coefficient (Wildman–Crippen LogP) is 0.664. The average Bonchev–Trinajstić information content (AvgIpc) is 2.35. The highest BCUT2D eigenvalue weighted by Gasteiger charge is 2.01. The summed E-state index contributed by atoms with van der Waals surface area (Å²) in [4.78, 5) is 10.2. The number of carbonyl (C=O) groups is 1. The lowest BCUT2D eigenvalue weighted by Crippen LogP contribution is -2.06. The highest BCUT2D eigenvalue weighted by molar-refractivity contribution is 5.91. The van der Waals surface area contributed by atoms with Crippen molar-refractivity contribution in [2.24, 2.45) is 5.73 Å². The molecule has 1 aromatic rings. The van der Waals surface area contributed by atoms with Crippen molar-refractivity contribution in [3.05, 3.63) is 30.2 Å². The van der Waals surface area contributed by atoms with E-state index in [9.17, 15) is 4.79 Å². The lowest BCUT2D eigenvalue weighted by atomic mass is 10.3. The van der Waals surface area contributed by atoms with Crippen LogP contribution in [0.1, 0.15) is 5.76 Å². The molecular formula is C7H7NO3. The zero-order valence-electron chi connectivity index (χ0n) is 5.65. The van der Waals surface area contributed by atoms with Gasteiger partial charge in [-0.2, -0.15) is 0 Å². The summed E-state index contributed by atoms with van der Waals surface area (Å²) in [6.45, 7) is 0. The van der Waals surface area contributed by atoms with Gasteiger partial charge in [-0.3, -0.25) is 4.79 Å². The van der Waals surface area contributed by atoms with E-state index in [4.69, 9.17) is 15.3 Å². The Bertz CT molecular complexity index is 274. The third-order valence-electron chi connectivity index (χ3n) is 1.05. The van der Waals surface area contributed by atoms with Crippen LogP contribution < -0.4 is 5.73 Å². The Balaban J connectivity index is 2.86. The molecule has 0 saturated carbocycles. The molecule has 0 unspecified atom stereocenters. The first-order chi connectivity index (χ1) is 5.20. The van der Waals surface area contributed by atoms with Gasteiger partial charge in [0.15, 0.2) is 11.5 Å². The molecule has 58 valence electrons. The van der Waals surface area contributed by atoms with Crippen LogP contribution in [0.15, 0.2) is 28.9 Å². The van der Waals surface area contributed by atoms with Crippen LogP contribution in [0.2, 0.25) is 0 Å². The zero-order valence-corrected chi connectivity index (χ0v) is 5.65. The fourth-order valence-corrected chi connectivity index (χ4v) is 0.630. The summed E-state index contributed by atoms with van der Waals surface area (Å²) in [7, 11) is 0. The number of rotatable bonds is 2. The maximum Gasteiger partial charge on any atom is 0.245 e. The molecule has 0 atom stereocenters. The molecule has 0 aliphatic rings. The number of aliphatic hydroxyl groups excluding tert-OH is 1. The minimum Gasteiger partial charge on any atom is -0.504 e. The summed E-state index contributed by atoms with van der Waals surface area (Å²) in [5.41, 5.74) is 4.78. The minimum atomic E-state index is -0.709. The molecule has 0 fully saturated rings. The molecular weight excluding hydrogens is 146 g/mol. The molecule has 0 spiro atoms. The average molecular weight is 153 g/mol. The van der Waals surface area contributed by atoms with Crippen LogP contribution >= 0.6 is 0 Å². The maximum atomic E-state index is 10.2. The van der Waals surface area contributed by atoms with E-state index in [0.29, 0.717) is 0 Å². The second kappa shape index (κ2) is 2.92. The van der Waals surface area contributed by atoms with Gasteiger partial charge in [0.2, 0.25) is 5.91 Å². The second-order valence-corrected chi connectivity index (χ2v) is 1.91. The van der Waals surface area contributed by atoms with Crippen LogP contribution in [0.3, 0.4) is 0 Å². The van der Waals surface area contributed by atoms with Crippen LogP contribution in [0.5, 0.6) is 0 Å². The summed E-state index contributed by atoms with van der Waals surface area (Å²) >= 11 is 0.